The Morgan fingerprint density at radius 1 is 1.19 bits per heavy atom. The smallest absolute Gasteiger partial charge is 0.328 e. The van der Waals surface area contributed by atoms with Gasteiger partial charge >= 0.3 is 5.69 Å². The lowest BCUT2D eigenvalue weighted by Crippen LogP contribution is -2.40. The molecule has 1 saturated heterocycles. The summed E-state index contributed by atoms with van der Waals surface area (Å²) in [6, 6.07) is 6.03. The Kier molecular flexibility index (Phi) is 6.35. The molecule has 140 valence electrons. The maximum Gasteiger partial charge on any atom is 0.349 e. The zero-order chi connectivity index (χ0) is 18.4. The van der Waals surface area contributed by atoms with Crippen LogP contribution >= 0.6 is 0 Å². The van der Waals surface area contributed by atoms with E-state index in [1.165, 1.54) is 0 Å². The number of likely N-dealkylation sites (tertiary alicyclic amines) is 1. The molecule has 2 aromatic rings. The number of pyridine rings is 1. The highest BCUT2D eigenvalue weighted by Gasteiger charge is 2.15. The molecule has 26 heavy (non-hydrogen) atoms. The average Bonchev–Trinajstić information content (AvgIpc) is 2.62. The van der Waals surface area contributed by atoms with Gasteiger partial charge in [0, 0.05) is 25.0 Å². The lowest BCUT2D eigenvalue weighted by molar-refractivity contribution is 0.208. The zero-order valence-electron chi connectivity index (χ0n) is 15.4. The topological polar surface area (TPSA) is 89.1 Å². The third-order valence-corrected chi connectivity index (χ3v) is 4.80. The van der Waals surface area contributed by atoms with Crippen molar-refractivity contribution >= 4 is 11.6 Å². The van der Waals surface area contributed by atoms with Crippen LogP contribution < -0.4 is 16.7 Å². The van der Waals surface area contributed by atoms with Gasteiger partial charge in [0.05, 0.1) is 0 Å². The Balaban J connectivity index is 1.46. The molecule has 7 nitrogen and oxygen atoms in total. The van der Waals surface area contributed by atoms with Crippen molar-refractivity contribution in [1.29, 1.82) is 0 Å². The second kappa shape index (κ2) is 8.91. The van der Waals surface area contributed by atoms with Gasteiger partial charge in [-0.15, -0.1) is 0 Å². The zero-order valence-corrected chi connectivity index (χ0v) is 15.4. The molecular weight excluding hydrogens is 328 g/mol. The first-order valence-corrected chi connectivity index (χ1v) is 9.35. The van der Waals surface area contributed by atoms with E-state index in [0.717, 1.165) is 50.9 Å². The minimum absolute atomic E-state index is 0.230. The first-order chi connectivity index (χ1) is 12.6. The van der Waals surface area contributed by atoms with Gasteiger partial charge in [-0.05, 0) is 76.0 Å². The number of hydrogen-bond acceptors (Lipinski definition) is 6. The lowest BCUT2D eigenvalue weighted by atomic mass is 10.1. The monoisotopic (exact) mass is 356 g/mol. The number of aromatic nitrogens is 3. The van der Waals surface area contributed by atoms with Crippen LogP contribution in [0.1, 0.15) is 31.2 Å². The van der Waals surface area contributed by atoms with Gasteiger partial charge in [0.15, 0.2) is 0 Å². The first kappa shape index (κ1) is 18.5. The average molecular weight is 356 g/mol. The fraction of sp³-hybridized carbons (Fsp3) is 0.526. The number of hydrogen-bond donors (Lipinski definition) is 2. The van der Waals surface area contributed by atoms with Crippen molar-refractivity contribution in [2.45, 2.75) is 45.2 Å². The number of unbranched alkanes of at least 4 members (excludes halogenated alkanes) is 1. The third-order valence-electron chi connectivity index (χ3n) is 4.80. The van der Waals surface area contributed by atoms with Crippen LogP contribution in [-0.2, 0) is 6.54 Å². The number of nitrogens with two attached hydrogens (primary N) is 1. The predicted molar refractivity (Wildman–Crippen MR) is 104 cm³/mol. The van der Waals surface area contributed by atoms with E-state index in [2.05, 4.69) is 20.2 Å². The van der Waals surface area contributed by atoms with E-state index >= 15 is 0 Å². The summed E-state index contributed by atoms with van der Waals surface area (Å²) in [4.78, 5) is 23.0. The molecule has 3 N–H and O–H groups in total. The van der Waals surface area contributed by atoms with Crippen LogP contribution in [0.25, 0.3) is 0 Å². The summed E-state index contributed by atoms with van der Waals surface area (Å²) in [5.74, 6) is 1.21. The number of rotatable bonds is 7. The minimum Gasteiger partial charge on any atom is -0.328 e. The molecule has 0 amide bonds. The van der Waals surface area contributed by atoms with Crippen molar-refractivity contribution in [2.24, 2.45) is 5.73 Å². The SMILES string of the molecule is Cc1ccnc(Nc2ccn(CCCCN3CCC(N)CC3)c(=O)n2)c1. The molecule has 3 heterocycles. The van der Waals surface area contributed by atoms with Gasteiger partial charge in [-0.2, -0.15) is 4.98 Å². The molecule has 0 aromatic carbocycles. The molecule has 0 radical (unpaired) electrons. The first-order valence-electron chi connectivity index (χ1n) is 9.35. The third kappa shape index (κ3) is 5.37. The molecule has 0 unspecified atom stereocenters. The Bertz CT molecular complexity index is 767. The van der Waals surface area contributed by atoms with Gasteiger partial charge in [-0.25, -0.2) is 9.78 Å². The maximum atomic E-state index is 12.2. The van der Waals surface area contributed by atoms with Crippen molar-refractivity contribution in [1.82, 2.24) is 19.4 Å². The summed E-state index contributed by atoms with van der Waals surface area (Å²) in [7, 11) is 0. The van der Waals surface area contributed by atoms with Crippen LogP contribution in [0.5, 0.6) is 0 Å². The molecule has 7 heteroatoms. The van der Waals surface area contributed by atoms with Crippen LogP contribution in [0.2, 0.25) is 0 Å². The summed E-state index contributed by atoms with van der Waals surface area (Å²) >= 11 is 0. The molecule has 0 saturated carbocycles. The molecule has 3 rings (SSSR count). The van der Waals surface area contributed by atoms with Crippen molar-refractivity contribution in [3.63, 3.8) is 0 Å². The van der Waals surface area contributed by atoms with Gasteiger partial charge in [0.25, 0.3) is 0 Å². The van der Waals surface area contributed by atoms with E-state index < -0.39 is 0 Å². The molecule has 1 fully saturated rings. The second-order valence-electron chi connectivity index (χ2n) is 7.02. The summed E-state index contributed by atoms with van der Waals surface area (Å²) in [5.41, 5.74) is 6.81. The fourth-order valence-corrected chi connectivity index (χ4v) is 3.20. The van der Waals surface area contributed by atoms with E-state index in [0.29, 0.717) is 24.2 Å². The molecule has 0 spiro atoms. The molecule has 0 bridgehead atoms. The van der Waals surface area contributed by atoms with Crippen LogP contribution in [0.4, 0.5) is 11.6 Å². The highest BCUT2D eigenvalue weighted by atomic mass is 16.1. The molecule has 0 atom stereocenters. The highest BCUT2D eigenvalue weighted by molar-refractivity contribution is 5.51. The molecule has 1 aliphatic rings. The largest absolute Gasteiger partial charge is 0.349 e. The lowest BCUT2D eigenvalue weighted by Gasteiger charge is -2.29. The van der Waals surface area contributed by atoms with Crippen LogP contribution in [0, 0.1) is 6.92 Å². The minimum atomic E-state index is -0.230. The maximum absolute atomic E-state index is 12.2. The van der Waals surface area contributed by atoms with Gasteiger partial charge in [-0.3, -0.25) is 4.57 Å². The Morgan fingerprint density at radius 2 is 1.96 bits per heavy atom. The number of nitrogens with one attached hydrogen (secondary N) is 1. The van der Waals surface area contributed by atoms with E-state index in [4.69, 9.17) is 5.73 Å². The highest BCUT2D eigenvalue weighted by Crippen LogP contribution is 2.12. The molecular formula is C19H28N6O. The van der Waals surface area contributed by atoms with Crippen LogP contribution in [-0.4, -0.2) is 45.1 Å². The number of nitrogens with zero attached hydrogens (tertiary/aromatic N) is 4. The van der Waals surface area contributed by atoms with Gasteiger partial charge in [-0.1, -0.05) is 0 Å². The van der Waals surface area contributed by atoms with Crippen molar-refractivity contribution in [2.75, 3.05) is 25.0 Å². The molecule has 2 aromatic heterocycles. The Hall–Kier alpha value is -2.25. The van der Waals surface area contributed by atoms with E-state index in [1.54, 1.807) is 17.0 Å². The Labute approximate surface area is 154 Å². The van der Waals surface area contributed by atoms with Crippen molar-refractivity contribution in [3.8, 4) is 0 Å². The summed E-state index contributed by atoms with van der Waals surface area (Å²) in [5, 5.41) is 3.07. The standard InChI is InChI=1S/C19H28N6O/c1-15-4-8-21-18(14-15)22-17-7-13-25(19(26)23-17)10-3-2-9-24-11-5-16(20)6-12-24/h4,7-8,13-14,16H,2-3,5-6,9-12,20H2,1H3,(H,21,22,23,26). The Morgan fingerprint density at radius 3 is 2.69 bits per heavy atom. The van der Waals surface area contributed by atoms with E-state index in [-0.39, 0.29) is 5.69 Å². The number of aryl methyl sites for hydroxylation is 2. The second-order valence-corrected chi connectivity index (χ2v) is 7.02. The summed E-state index contributed by atoms with van der Waals surface area (Å²) < 4.78 is 1.67. The van der Waals surface area contributed by atoms with Crippen molar-refractivity contribution < 1.29 is 0 Å². The predicted octanol–water partition coefficient (Wildman–Crippen LogP) is 1.89. The molecule has 1 aliphatic heterocycles. The van der Waals surface area contributed by atoms with E-state index in [1.807, 2.05) is 25.1 Å². The molecule has 0 aliphatic carbocycles. The summed E-state index contributed by atoms with van der Waals surface area (Å²) in [6.07, 6.45) is 7.76. The number of piperidine rings is 1. The van der Waals surface area contributed by atoms with Crippen LogP contribution in [0.3, 0.4) is 0 Å². The van der Waals surface area contributed by atoms with Gasteiger partial charge < -0.3 is 16.0 Å². The quantitative estimate of drug-likeness (QED) is 0.737. The van der Waals surface area contributed by atoms with Crippen molar-refractivity contribution in [3.05, 3.63) is 46.6 Å². The van der Waals surface area contributed by atoms with Crippen LogP contribution in [0.15, 0.2) is 35.4 Å². The summed E-state index contributed by atoms with van der Waals surface area (Å²) in [6.45, 7) is 5.96. The fourth-order valence-electron chi connectivity index (χ4n) is 3.20. The number of anilines is 2. The van der Waals surface area contributed by atoms with Gasteiger partial charge in [0.2, 0.25) is 0 Å². The van der Waals surface area contributed by atoms with E-state index in [9.17, 15) is 4.79 Å². The van der Waals surface area contributed by atoms with Gasteiger partial charge in [0.1, 0.15) is 11.6 Å². The normalized spacial score (nSPS) is 15.9.